The minimum atomic E-state index is -3.25. The average Bonchev–Trinajstić information content (AvgIpc) is 2.86. The van der Waals surface area contributed by atoms with Gasteiger partial charge in [-0.3, -0.25) is 4.68 Å². The standard InChI is InChI=1S/C14H15FN2O2S/c1-3-13(15)10-17-9-12(8-16-17)11-5-4-6-14(7-11)20(2,18)19/h3-9H,10H2,1-2H3/b13-3-. The van der Waals surface area contributed by atoms with E-state index in [4.69, 9.17) is 0 Å². The van der Waals surface area contributed by atoms with Crippen molar-refractivity contribution < 1.29 is 12.8 Å². The minimum absolute atomic E-state index is 0.0717. The third-order valence-electron chi connectivity index (χ3n) is 2.86. The van der Waals surface area contributed by atoms with Gasteiger partial charge in [0.15, 0.2) is 9.84 Å². The molecule has 1 aromatic carbocycles. The molecule has 0 fully saturated rings. The number of aromatic nitrogens is 2. The summed E-state index contributed by atoms with van der Waals surface area (Å²) in [7, 11) is -3.25. The van der Waals surface area contributed by atoms with Gasteiger partial charge >= 0.3 is 0 Å². The molecule has 2 rings (SSSR count). The quantitative estimate of drug-likeness (QED) is 0.871. The lowest BCUT2D eigenvalue weighted by Crippen LogP contribution is -1.98. The van der Waals surface area contributed by atoms with Crippen LogP contribution in [-0.2, 0) is 16.4 Å². The lowest BCUT2D eigenvalue weighted by Gasteiger charge is -2.01. The van der Waals surface area contributed by atoms with Crippen LogP contribution >= 0.6 is 0 Å². The second kappa shape index (κ2) is 5.58. The molecule has 106 valence electrons. The minimum Gasteiger partial charge on any atom is -0.265 e. The Labute approximate surface area is 117 Å². The highest BCUT2D eigenvalue weighted by Crippen LogP contribution is 2.22. The third-order valence-corrected chi connectivity index (χ3v) is 3.97. The molecule has 0 unspecified atom stereocenters. The summed E-state index contributed by atoms with van der Waals surface area (Å²) in [6.45, 7) is 1.69. The van der Waals surface area contributed by atoms with Crippen molar-refractivity contribution in [3.63, 3.8) is 0 Å². The molecule has 0 spiro atoms. The summed E-state index contributed by atoms with van der Waals surface area (Å²) in [6.07, 6.45) is 5.82. The maximum atomic E-state index is 13.2. The van der Waals surface area contributed by atoms with Gasteiger partial charge in [-0.1, -0.05) is 18.2 Å². The van der Waals surface area contributed by atoms with E-state index in [1.165, 1.54) is 10.8 Å². The van der Waals surface area contributed by atoms with E-state index < -0.39 is 9.84 Å². The fourth-order valence-electron chi connectivity index (χ4n) is 1.75. The van der Waals surface area contributed by atoms with E-state index in [1.54, 1.807) is 43.6 Å². The molecule has 0 aliphatic heterocycles. The first-order valence-corrected chi connectivity index (χ1v) is 7.93. The van der Waals surface area contributed by atoms with Gasteiger partial charge in [0.2, 0.25) is 0 Å². The van der Waals surface area contributed by atoms with Gasteiger partial charge in [0.1, 0.15) is 5.83 Å². The molecule has 6 heteroatoms. The Kier molecular flexibility index (Phi) is 4.04. The number of halogens is 1. The zero-order chi connectivity index (χ0) is 14.8. The van der Waals surface area contributed by atoms with Crippen molar-refractivity contribution in [3.05, 3.63) is 48.6 Å². The van der Waals surface area contributed by atoms with Crippen molar-refractivity contribution in [1.82, 2.24) is 9.78 Å². The normalized spacial score (nSPS) is 12.7. The Morgan fingerprint density at radius 1 is 1.40 bits per heavy atom. The van der Waals surface area contributed by atoms with Gasteiger partial charge in [-0.25, -0.2) is 12.8 Å². The zero-order valence-electron chi connectivity index (χ0n) is 11.2. The summed E-state index contributed by atoms with van der Waals surface area (Å²) in [5, 5.41) is 4.06. The highest BCUT2D eigenvalue weighted by molar-refractivity contribution is 7.90. The molecule has 0 saturated heterocycles. The summed E-state index contributed by atoms with van der Waals surface area (Å²) in [6, 6.07) is 6.60. The van der Waals surface area contributed by atoms with Crippen LogP contribution in [0.2, 0.25) is 0 Å². The van der Waals surface area contributed by atoms with Gasteiger partial charge in [-0.2, -0.15) is 5.10 Å². The Bertz CT molecular complexity index is 748. The average molecular weight is 294 g/mol. The van der Waals surface area contributed by atoms with E-state index in [9.17, 15) is 12.8 Å². The topological polar surface area (TPSA) is 52.0 Å². The summed E-state index contributed by atoms with van der Waals surface area (Å²) >= 11 is 0. The Morgan fingerprint density at radius 2 is 2.15 bits per heavy atom. The molecule has 4 nitrogen and oxygen atoms in total. The molecule has 0 amide bonds. The van der Waals surface area contributed by atoms with Crippen LogP contribution in [0, 0.1) is 0 Å². The molecule has 0 saturated carbocycles. The predicted octanol–water partition coefficient (Wildman–Crippen LogP) is 2.83. The zero-order valence-corrected chi connectivity index (χ0v) is 12.1. The molecule has 2 aromatic rings. The van der Waals surface area contributed by atoms with Gasteiger partial charge < -0.3 is 0 Å². The molecule has 1 aromatic heterocycles. The number of hydrogen-bond donors (Lipinski definition) is 0. The number of hydrogen-bond acceptors (Lipinski definition) is 3. The van der Waals surface area contributed by atoms with Crippen LogP contribution in [0.25, 0.3) is 11.1 Å². The fraction of sp³-hybridized carbons (Fsp3) is 0.214. The number of sulfone groups is 1. The van der Waals surface area contributed by atoms with Crippen LogP contribution in [0.4, 0.5) is 4.39 Å². The maximum absolute atomic E-state index is 13.2. The van der Waals surface area contributed by atoms with Gasteiger partial charge in [0, 0.05) is 18.0 Å². The molecule has 20 heavy (non-hydrogen) atoms. The van der Waals surface area contributed by atoms with E-state index in [0.717, 1.165) is 17.4 Å². The molecule has 0 aliphatic rings. The smallest absolute Gasteiger partial charge is 0.175 e. The summed E-state index contributed by atoms with van der Waals surface area (Å²) in [5.74, 6) is -0.274. The van der Waals surface area contributed by atoms with Crippen molar-refractivity contribution in [2.75, 3.05) is 6.26 Å². The molecule has 0 aliphatic carbocycles. The Hall–Kier alpha value is -1.95. The van der Waals surface area contributed by atoms with Gasteiger partial charge in [-0.15, -0.1) is 0 Å². The summed E-state index contributed by atoms with van der Waals surface area (Å²) in [4.78, 5) is 0.252. The molecular weight excluding hydrogens is 279 g/mol. The van der Waals surface area contributed by atoms with Gasteiger partial charge in [0.05, 0.1) is 17.6 Å². The number of rotatable bonds is 4. The lowest BCUT2D eigenvalue weighted by atomic mass is 10.1. The van der Waals surface area contributed by atoms with Crippen LogP contribution in [-0.4, -0.2) is 24.5 Å². The molecule has 0 bridgehead atoms. The van der Waals surface area contributed by atoms with Crippen LogP contribution in [0.3, 0.4) is 0 Å². The van der Waals surface area contributed by atoms with Crippen molar-refractivity contribution in [1.29, 1.82) is 0 Å². The van der Waals surface area contributed by atoms with E-state index in [0.29, 0.717) is 0 Å². The highest BCUT2D eigenvalue weighted by atomic mass is 32.2. The molecule has 0 atom stereocenters. The van der Waals surface area contributed by atoms with E-state index in [-0.39, 0.29) is 17.3 Å². The molecule has 0 radical (unpaired) electrons. The van der Waals surface area contributed by atoms with Crippen molar-refractivity contribution in [2.45, 2.75) is 18.4 Å². The third kappa shape index (κ3) is 3.33. The summed E-state index contributed by atoms with van der Waals surface area (Å²) < 4.78 is 37.7. The Balaban J connectivity index is 2.33. The first kappa shape index (κ1) is 14.5. The van der Waals surface area contributed by atoms with Crippen molar-refractivity contribution in [2.24, 2.45) is 0 Å². The number of nitrogens with zero attached hydrogens (tertiary/aromatic N) is 2. The lowest BCUT2D eigenvalue weighted by molar-refractivity contribution is 0.526. The van der Waals surface area contributed by atoms with Gasteiger partial charge in [0.25, 0.3) is 0 Å². The molecular formula is C14H15FN2O2S. The second-order valence-electron chi connectivity index (χ2n) is 4.46. The van der Waals surface area contributed by atoms with Gasteiger partial charge in [-0.05, 0) is 24.6 Å². The van der Waals surface area contributed by atoms with E-state index in [2.05, 4.69) is 5.10 Å². The van der Waals surface area contributed by atoms with E-state index in [1.807, 2.05) is 0 Å². The van der Waals surface area contributed by atoms with E-state index >= 15 is 0 Å². The van der Waals surface area contributed by atoms with Crippen LogP contribution < -0.4 is 0 Å². The predicted molar refractivity (Wildman–Crippen MR) is 75.6 cm³/mol. The monoisotopic (exact) mass is 294 g/mol. The molecule has 1 heterocycles. The SMILES string of the molecule is C/C=C(\F)Cn1cc(-c2cccc(S(C)(=O)=O)c2)cn1. The first-order chi connectivity index (χ1) is 9.40. The molecule has 0 N–H and O–H groups in total. The van der Waals surface area contributed by atoms with Crippen LogP contribution in [0.15, 0.2) is 53.5 Å². The fourth-order valence-corrected chi connectivity index (χ4v) is 2.42. The maximum Gasteiger partial charge on any atom is 0.175 e. The Morgan fingerprint density at radius 3 is 2.80 bits per heavy atom. The second-order valence-corrected chi connectivity index (χ2v) is 6.48. The van der Waals surface area contributed by atoms with Crippen LogP contribution in [0.5, 0.6) is 0 Å². The number of allylic oxidation sites excluding steroid dienone is 2. The van der Waals surface area contributed by atoms with Crippen molar-refractivity contribution in [3.8, 4) is 11.1 Å². The van der Waals surface area contributed by atoms with Crippen molar-refractivity contribution >= 4 is 9.84 Å². The highest BCUT2D eigenvalue weighted by Gasteiger charge is 2.09. The number of benzene rings is 1. The summed E-state index contributed by atoms with van der Waals surface area (Å²) in [5.41, 5.74) is 1.49. The first-order valence-electron chi connectivity index (χ1n) is 6.04. The van der Waals surface area contributed by atoms with Crippen LogP contribution in [0.1, 0.15) is 6.92 Å². The largest absolute Gasteiger partial charge is 0.265 e.